The molecule has 0 atom stereocenters. The summed E-state index contributed by atoms with van der Waals surface area (Å²) >= 11 is 1.51. The van der Waals surface area contributed by atoms with Gasteiger partial charge in [-0.25, -0.2) is 9.48 Å². The van der Waals surface area contributed by atoms with Gasteiger partial charge in [0.05, 0.1) is 0 Å². The number of carboxylic acids is 1. The van der Waals surface area contributed by atoms with E-state index in [1.165, 1.54) is 17.4 Å². The highest BCUT2D eigenvalue weighted by molar-refractivity contribution is 7.12. The minimum Gasteiger partial charge on any atom is -0.476 e. The molecule has 13 heavy (non-hydrogen) atoms. The van der Waals surface area contributed by atoms with Crippen LogP contribution in [0.3, 0.4) is 0 Å². The SMILES string of the molecule is O=C(O)c1ccn(-c2cccs2)n1. The van der Waals surface area contributed by atoms with E-state index in [1.54, 1.807) is 10.9 Å². The standard InChI is InChI=1S/C8H6N2O2S/c11-8(12)6-3-4-10(9-6)7-2-1-5-13-7/h1-5H,(H,11,12). The molecular formula is C8H6N2O2S. The minimum atomic E-state index is -1.00. The van der Waals surface area contributed by atoms with E-state index in [1.807, 2.05) is 17.5 Å². The fourth-order valence-electron chi connectivity index (χ4n) is 0.961. The largest absolute Gasteiger partial charge is 0.476 e. The highest BCUT2D eigenvalue weighted by Crippen LogP contribution is 2.13. The summed E-state index contributed by atoms with van der Waals surface area (Å²) in [5.74, 6) is -1.00. The number of rotatable bonds is 2. The smallest absolute Gasteiger partial charge is 0.356 e. The van der Waals surface area contributed by atoms with Crippen LogP contribution in [-0.2, 0) is 0 Å². The van der Waals surface area contributed by atoms with Crippen molar-refractivity contribution in [3.63, 3.8) is 0 Å². The van der Waals surface area contributed by atoms with Crippen molar-refractivity contribution in [3.05, 3.63) is 35.5 Å². The molecule has 2 aromatic rings. The zero-order valence-electron chi connectivity index (χ0n) is 6.54. The van der Waals surface area contributed by atoms with Gasteiger partial charge in [0.2, 0.25) is 0 Å². The Morgan fingerprint density at radius 2 is 2.38 bits per heavy atom. The van der Waals surface area contributed by atoms with Gasteiger partial charge in [0.15, 0.2) is 5.69 Å². The number of nitrogens with zero attached hydrogens (tertiary/aromatic N) is 2. The predicted molar refractivity (Wildman–Crippen MR) is 48.4 cm³/mol. The van der Waals surface area contributed by atoms with Crippen LogP contribution < -0.4 is 0 Å². The average Bonchev–Trinajstić information content (AvgIpc) is 2.75. The highest BCUT2D eigenvalue weighted by atomic mass is 32.1. The normalized spacial score (nSPS) is 10.2. The van der Waals surface area contributed by atoms with Gasteiger partial charge in [-0.3, -0.25) is 0 Å². The molecule has 0 amide bonds. The molecule has 0 aliphatic carbocycles. The van der Waals surface area contributed by atoms with Gasteiger partial charge in [-0.1, -0.05) is 0 Å². The fourth-order valence-corrected chi connectivity index (χ4v) is 1.62. The summed E-state index contributed by atoms with van der Waals surface area (Å²) in [5, 5.41) is 15.3. The number of carbonyl (C=O) groups is 1. The Hall–Kier alpha value is -1.62. The van der Waals surface area contributed by atoms with E-state index < -0.39 is 5.97 Å². The lowest BCUT2D eigenvalue weighted by Crippen LogP contribution is -1.99. The van der Waals surface area contributed by atoms with Gasteiger partial charge in [0, 0.05) is 6.20 Å². The lowest BCUT2D eigenvalue weighted by molar-refractivity contribution is 0.0690. The molecule has 4 nitrogen and oxygen atoms in total. The third kappa shape index (κ3) is 1.46. The molecule has 0 saturated carbocycles. The van der Waals surface area contributed by atoms with E-state index in [2.05, 4.69) is 5.10 Å². The maximum atomic E-state index is 10.5. The molecule has 2 heterocycles. The van der Waals surface area contributed by atoms with Crippen LogP contribution in [0.1, 0.15) is 10.5 Å². The molecule has 0 bridgehead atoms. The van der Waals surface area contributed by atoms with E-state index in [0.29, 0.717) is 0 Å². The van der Waals surface area contributed by atoms with Crippen LogP contribution in [0.2, 0.25) is 0 Å². The van der Waals surface area contributed by atoms with Crippen molar-refractivity contribution in [1.29, 1.82) is 0 Å². The molecule has 66 valence electrons. The van der Waals surface area contributed by atoms with Crippen LogP contribution >= 0.6 is 11.3 Å². The maximum Gasteiger partial charge on any atom is 0.356 e. The Morgan fingerprint density at radius 3 is 2.92 bits per heavy atom. The zero-order chi connectivity index (χ0) is 9.26. The molecule has 0 fully saturated rings. The summed E-state index contributed by atoms with van der Waals surface area (Å²) in [6.07, 6.45) is 1.63. The lowest BCUT2D eigenvalue weighted by atomic mass is 10.5. The lowest BCUT2D eigenvalue weighted by Gasteiger charge is -1.92. The molecule has 1 N–H and O–H groups in total. The third-order valence-electron chi connectivity index (χ3n) is 1.54. The molecular weight excluding hydrogens is 188 g/mol. The number of carboxylic acid groups (broad SMARTS) is 1. The summed E-state index contributed by atoms with van der Waals surface area (Å²) in [6, 6.07) is 5.24. The highest BCUT2D eigenvalue weighted by Gasteiger charge is 2.07. The fraction of sp³-hybridized carbons (Fsp3) is 0. The van der Waals surface area contributed by atoms with E-state index in [9.17, 15) is 4.79 Å². The molecule has 0 unspecified atom stereocenters. The molecule has 5 heteroatoms. The second kappa shape index (κ2) is 3.02. The van der Waals surface area contributed by atoms with Crippen molar-refractivity contribution in [2.45, 2.75) is 0 Å². The van der Waals surface area contributed by atoms with Crippen molar-refractivity contribution in [2.75, 3.05) is 0 Å². The first-order chi connectivity index (χ1) is 6.27. The van der Waals surface area contributed by atoms with Gasteiger partial charge in [-0.2, -0.15) is 5.10 Å². The van der Waals surface area contributed by atoms with Crippen molar-refractivity contribution < 1.29 is 9.90 Å². The Bertz CT molecular complexity index is 419. The van der Waals surface area contributed by atoms with Crippen molar-refractivity contribution >= 4 is 17.3 Å². The van der Waals surface area contributed by atoms with Crippen LogP contribution in [0.4, 0.5) is 0 Å². The second-order valence-electron chi connectivity index (χ2n) is 2.40. The van der Waals surface area contributed by atoms with Crippen LogP contribution in [-0.4, -0.2) is 20.9 Å². The first-order valence-electron chi connectivity index (χ1n) is 3.60. The van der Waals surface area contributed by atoms with Gasteiger partial charge >= 0.3 is 5.97 Å². The molecule has 0 aliphatic heterocycles. The molecule has 0 aliphatic rings. The van der Waals surface area contributed by atoms with Gasteiger partial charge in [-0.05, 0) is 23.6 Å². The molecule has 0 aromatic carbocycles. The summed E-state index contributed by atoms with van der Waals surface area (Å²) in [4.78, 5) is 10.5. The molecule has 0 saturated heterocycles. The number of hydrogen-bond donors (Lipinski definition) is 1. The van der Waals surface area contributed by atoms with Crippen molar-refractivity contribution in [1.82, 2.24) is 9.78 Å². The van der Waals surface area contributed by atoms with Gasteiger partial charge in [-0.15, -0.1) is 11.3 Å². The van der Waals surface area contributed by atoms with Crippen LogP contribution in [0, 0.1) is 0 Å². The first-order valence-corrected chi connectivity index (χ1v) is 4.48. The summed E-state index contributed by atoms with van der Waals surface area (Å²) < 4.78 is 1.55. The van der Waals surface area contributed by atoms with Gasteiger partial charge in [0.1, 0.15) is 5.00 Å². The summed E-state index contributed by atoms with van der Waals surface area (Å²) in [7, 11) is 0. The minimum absolute atomic E-state index is 0.0633. The Labute approximate surface area is 78.1 Å². The van der Waals surface area contributed by atoms with Crippen molar-refractivity contribution in [2.24, 2.45) is 0 Å². The number of thiophene rings is 1. The van der Waals surface area contributed by atoms with Crippen LogP contribution in [0.5, 0.6) is 0 Å². The molecule has 2 aromatic heterocycles. The van der Waals surface area contributed by atoms with E-state index in [4.69, 9.17) is 5.11 Å². The molecule has 0 spiro atoms. The third-order valence-corrected chi connectivity index (χ3v) is 2.40. The van der Waals surface area contributed by atoms with Gasteiger partial charge in [0.25, 0.3) is 0 Å². The maximum absolute atomic E-state index is 10.5. The monoisotopic (exact) mass is 194 g/mol. The predicted octanol–water partition coefficient (Wildman–Crippen LogP) is 1.63. The summed E-state index contributed by atoms with van der Waals surface area (Å²) in [6.45, 7) is 0. The Kier molecular flexibility index (Phi) is 1.86. The average molecular weight is 194 g/mol. The first kappa shape index (κ1) is 8.00. The van der Waals surface area contributed by atoms with E-state index in [-0.39, 0.29) is 5.69 Å². The number of aromatic nitrogens is 2. The zero-order valence-corrected chi connectivity index (χ0v) is 7.36. The van der Waals surface area contributed by atoms with E-state index >= 15 is 0 Å². The van der Waals surface area contributed by atoms with Gasteiger partial charge < -0.3 is 5.11 Å². The number of aromatic carboxylic acids is 1. The summed E-state index contributed by atoms with van der Waals surface area (Å²) in [5.41, 5.74) is 0.0633. The Morgan fingerprint density at radius 1 is 1.54 bits per heavy atom. The van der Waals surface area contributed by atoms with Crippen LogP contribution in [0.25, 0.3) is 5.00 Å². The molecule has 2 rings (SSSR count). The Balaban J connectivity index is 2.39. The topological polar surface area (TPSA) is 55.1 Å². The number of hydrogen-bond acceptors (Lipinski definition) is 3. The molecule has 0 radical (unpaired) electrons. The quantitative estimate of drug-likeness (QED) is 0.790. The van der Waals surface area contributed by atoms with Crippen molar-refractivity contribution in [3.8, 4) is 5.00 Å². The van der Waals surface area contributed by atoms with Crippen LogP contribution in [0.15, 0.2) is 29.8 Å². The van der Waals surface area contributed by atoms with E-state index in [0.717, 1.165) is 5.00 Å². The second-order valence-corrected chi connectivity index (χ2v) is 3.33.